The number of nitrogens with zero attached hydrogens (tertiary/aromatic N) is 2. The fraction of sp³-hybridized carbons (Fsp3) is 0.375. The molecule has 0 spiro atoms. The van der Waals surface area contributed by atoms with Gasteiger partial charge in [0.15, 0.2) is 0 Å². The number of hydrogen-bond donors (Lipinski definition) is 1. The van der Waals surface area contributed by atoms with Crippen LogP contribution in [0.4, 0.5) is 0 Å². The predicted molar refractivity (Wildman–Crippen MR) is 75.8 cm³/mol. The first-order valence-electron chi connectivity index (χ1n) is 6.86. The van der Waals surface area contributed by atoms with Crippen molar-refractivity contribution in [1.82, 2.24) is 9.78 Å². The Morgan fingerprint density at radius 3 is 2.50 bits per heavy atom. The van der Waals surface area contributed by atoms with Crippen LogP contribution in [0.25, 0.3) is 0 Å². The maximum absolute atomic E-state index is 11.5. The summed E-state index contributed by atoms with van der Waals surface area (Å²) in [4.78, 5) is 11.5. The second-order valence-electron chi connectivity index (χ2n) is 5.58. The molecule has 1 heterocycles. The molecule has 3 rings (SSSR count). The molecule has 1 aromatic heterocycles. The molecule has 0 amide bonds. The molecule has 1 saturated carbocycles. The fourth-order valence-electron chi connectivity index (χ4n) is 3.00. The molecule has 2 aromatic rings. The minimum atomic E-state index is -0.719. The van der Waals surface area contributed by atoms with E-state index in [0.29, 0.717) is 6.54 Å². The number of aryl methyl sites for hydroxylation is 1. The third-order valence-corrected chi connectivity index (χ3v) is 4.19. The summed E-state index contributed by atoms with van der Waals surface area (Å²) in [7, 11) is 0. The van der Waals surface area contributed by atoms with Gasteiger partial charge in [-0.2, -0.15) is 5.10 Å². The lowest BCUT2D eigenvalue weighted by Crippen LogP contribution is -2.21. The lowest BCUT2D eigenvalue weighted by Gasteiger charge is -2.11. The number of carboxylic acid groups (broad SMARTS) is 1. The van der Waals surface area contributed by atoms with Crippen LogP contribution in [0.1, 0.15) is 35.4 Å². The summed E-state index contributed by atoms with van der Waals surface area (Å²) in [6.45, 7) is 4.57. The van der Waals surface area contributed by atoms with Crippen LogP contribution in [-0.2, 0) is 16.8 Å². The molecule has 0 atom stereocenters. The molecule has 0 aliphatic heterocycles. The van der Waals surface area contributed by atoms with Crippen LogP contribution >= 0.6 is 0 Å². The van der Waals surface area contributed by atoms with E-state index in [1.165, 1.54) is 5.56 Å². The van der Waals surface area contributed by atoms with Crippen LogP contribution in [0.2, 0.25) is 0 Å². The number of aromatic nitrogens is 2. The van der Waals surface area contributed by atoms with Gasteiger partial charge in [0.1, 0.15) is 0 Å². The SMILES string of the molecule is Cc1nn(Cc2ccccc2)c(C)c1C1(C(=O)O)CC1. The smallest absolute Gasteiger partial charge is 0.314 e. The van der Waals surface area contributed by atoms with E-state index in [-0.39, 0.29) is 0 Å². The standard InChI is InChI=1S/C16H18N2O2/c1-11-14(16(8-9-16)15(19)20)12(2)18(17-11)10-13-6-4-3-5-7-13/h3-7H,8-10H2,1-2H3,(H,19,20). The van der Waals surface area contributed by atoms with Crippen molar-refractivity contribution in [3.05, 3.63) is 52.8 Å². The number of rotatable bonds is 4. The van der Waals surface area contributed by atoms with E-state index in [2.05, 4.69) is 17.2 Å². The van der Waals surface area contributed by atoms with Gasteiger partial charge >= 0.3 is 5.97 Å². The quantitative estimate of drug-likeness (QED) is 0.929. The van der Waals surface area contributed by atoms with Gasteiger partial charge < -0.3 is 5.11 Å². The largest absolute Gasteiger partial charge is 0.481 e. The second-order valence-corrected chi connectivity index (χ2v) is 5.58. The van der Waals surface area contributed by atoms with Crippen molar-refractivity contribution < 1.29 is 9.90 Å². The van der Waals surface area contributed by atoms with Gasteiger partial charge in [-0.1, -0.05) is 30.3 Å². The summed E-state index contributed by atoms with van der Waals surface area (Å²) >= 11 is 0. The molecule has 4 heteroatoms. The Hall–Kier alpha value is -2.10. The summed E-state index contributed by atoms with van der Waals surface area (Å²) in [5.74, 6) is -0.719. The Morgan fingerprint density at radius 2 is 1.95 bits per heavy atom. The average Bonchev–Trinajstić information content (AvgIpc) is 3.16. The van der Waals surface area contributed by atoms with Crippen molar-refractivity contribution in [2.75, 3.05) is 0 Å². The second kappa shape index (κ2) is 4.47. The van der Waals surface area contributed by atoms with E-state index in [0.717, 1.165) is 29.8 Å². The number of benzene rings is 1. The van der Waals surface area contributed by atoms with Gasteiger partial charge in [-0.15, -0.1) is 0 Å². The molecule has 1 aromatic carbocycles. The molecular weight excluding hydrogens is 252 g/mol. The maximum Gasteiger partial charge on any atom is 0.314 e. The van der Waals surface area contributed by atoms with Gasteiger partial charge in [0.05, 0.1) is 17.7 Å². The zero-order valence-electron chi connectivity index (χ0n) is 11.8. The van der Waals surface area contributed by atoms with Crippen molar-refractivity contribution >= 4 is 5.97 Å². The van der Waals surface area contributed by atoms with Crippen molar-refractivity contribution in [3.8, 4) is 0 Å². The van der Waals surface area contributed by atoms with Crippen LogP contribution in [0.3, 0.4) is 0 Å². The Labute approximate surface area is 118 Å². The summed E-state index contributed by atoms with van der Waals surface area (Å²) in [5, 5.41) is 14.0. The van der Waals surface area contributed by atoms with Gasteiger partial charge in [0, 0.05) is 11.3 Å². The number of carbonyl (C=O) groups is 1. The molecule has 104 valence electrons. The number of aliphatic carboxylic acids is 1. The zero-order chi connectivity index (χ0) is 14.3. The van der Waals surface area contributed by atoms with Gasteiger partial charge in [-0.3, -0.25) is 9.48 Å². The van der Waals surface area contributed by atoms with Crippen LogP contribution in [0, 0.1) is 13.8 Å². The average molecular weight is 270 g/mol. The first-order chi connectivity index (χ1) is 9.54. The third kappa shape index (κ3) is 1.92. The first kappa shape index (κ1) is 12.9. The summed E-state index contributed by atoms with van der Waals surface area (Å²) in [5.41, 5.74) is 3.23. The third-order valence-electron chi connectivity index (χ3n) is 4.19. The van der Waals surface area contributed by atoms with Crippen molar-refractivity contribution in [2.45, 2.75) is 38.6 Å². The fourth-order valence-corrected chi connectivity index (χ4v) is 3.00. The predicted octanol–water partition coefficient (Wildman–Crippen LogP) is 2.66. The summed E-state index contributed by atoms with van der Waals surface area (Å²) in [6.07, 6.45) is 1.45. The lowest BCUT2D eigenvalue weighted by molar-refractivity contribution is -0.140. The Morgan fingerprint density at radius 1 is 1.30 bits per heavy atom. The number of hydrogen-bond acceptors (Lipinski definition) is 2. The van der Waals surface area contributed by atoms with Crippen LogP contribution in [0.5, 0.6) is 0 Å². The van der Waals surface area contributed by atoms with Crippen LogP contribution in [0.15, 0.2) is 30.3 Å². The Bertz CT molecular complexity index is 655. The van der Waals surface area contributed by atoms with E-state index in [4.69, 9.17) is 0 Å². The summed E-state index contributed by atoms with van der Waals surface area (Å²) in [6, 6.07) is 10.1. The topological polar surface area (TPSA) is 55.1 Å². The number of carboxylic acids is 1. The van der Waals surface area contributed by atoms with Gasteiger partial charge in [0.25, 0.3) is 0 Å². The van der Waals surface area contributed by atoms with E-state index in [9.17, 15) is 9.90 Å². The van der Waals surface area contributed by atoms with E-state index >= 15 is 0 Å². The zero-order valence-corrected chi connectivity index (χ0v) is 11.8. The van der Waals surface area contributed by atoms with E-state index in [1.54, 1.807) is 0 Å². The maximum atomic E-state index is 11.5. The highest BCUT2D eigenvalue weighted by Gasteiger charge is 2.54. The monoisotopic (exact) mass is 270 g/mol. The van der Waals surface area contributed by atoms with Crippen molar-refractivity contribution in [2.24, 2.45) is 0 Å². The summed E-state index contributed by atoms with van der Waals surface area (Å²) < 4.78 is 1.92. The molecule has 1 fully saturated rings. The molecule has 0 radical (unpaired) electrons. The van der Waals surface area contributed by atoms with Crippen LogP contribution < -0.4 is 0 Å². The molecule has 20 heavy (non-hydrogen) atoms. The molecular formula is C16H18N2O2. The molecule has 1 aliphatic rings. The van der Waals surface area contributed by atoms with Gasteiger partial charge in [-0.25, -0.2) is 0 Å². The normalized spacial score (nSPS) is 16.1. The minimum Gasteiger partial charge on any atom is -0.481 e. The molecule has 1 aliphatic carbocycles. The van der Waals surface area contributed by atoms with Crippen molar-refractivity contribution in [1.29, 1.82) is 0 Å². The Kier molecular flexibility index (Phi) is 2.89. The van der Waals surface area contributed by atoms with Gasteiger partial charge in [0.2, 0.25) is 0 Å². The molecule has 1 N–H and O–H groups in total. The first-order valence-corrected chi connectivity index (χ1v) is 6.86. The Balaban J connectivity index is 1.98. The van der Waals surface area contributed by atoms with E-state index in [1.807, 2.05) is 36.7 Å². The highest BCUT2D eigenvalue weighted by molar-refractivity contribution is 5.85. The lowest BCUT2D eigenvalue weighted by atomic mass is 9.94. The molecule has 0 saturated heterocycles. The molecule has 0 unspecified atom stereocenters. The highest BCUT2D eigenvalue weighted by Crippen LogP contribution is 2.50. The minimum absolute atomic E-state index is 0.677. The molecule has 0 bridgehead atoms. The highest BCUT2D eigenvalue weighted by atomic mass is 16.4. The van der Waals surface area contributed by atoms with Gasteiger partial charge in [-0.05, 0) is 32.3 Å². The molecule has 4 nitrogen and oxygen atoms in total. The van der Waals surface area contributed by atoms with Crippen LogP contribution in [-0.4, -0.2) is 20.9 Å². The van der Waals surface area contributed by atoms with E-state index < -0.39 is 11.4 Å². The van der Waals surface area contributed by atoms with Crippen molar-refractivity contribution in [3.63, 3.8) is 0 Å².